The lowest BCUT2D eigenvalue weighted by Crippen LogP contribution is -2.45. The zero-order valence-corrected chi connectivity index (χ0v) is 10.2. The maximum atomic E-state index is 12.3. The monoisotopic (exact) mass is 254 g/mol. The lowest BCUT2D eigenvalue weighted by molar-refractivity contribution is -0.142. The predicted octanol–water partition coefficient (Wildman–Crippen LogP) is -0.0364. The molecule has 2 fully saturated rings. The smallest absolute Gasteiger partial charge is 0.306 e. The van der Waals surface area contributed by atoms with Crippen LogP contribution in [0.3, 0.4) is 0 Å². The van der Waals surface area contributed by atoms with Crippen molar-refractivity contribution in [1.29, 1.82) is 0 Å². The van der Waals surface area contributed by atoms with Crippen LogP contribution in [-0.2, 0) is 14.4 Å². The van der Waals surface area contributed by atoms with Crippen molar-refractivity contribution in [1.82, 2.24) is 4.90 Å². The van der Waals surface area contributed by atoms with Gasteiger partial charge in [-0.1, -0.05) is 0 Å². The number of likely N-dealkylation sites (tertiary alicyclic amines) is 1. The Kier molecular flexibility index (Phi) is 3.54. The van der Waals surface area contributed by atoms with Gasteiger partial charge in [-0.25, -0.2) is 0 Å². The molecule has 0 bridgehead atoms. The minimum atomic E-state index is -0.835. The molecular formula is C12H18N2O4. The van der Waals surface area contributed by atoms with E-state index >= 15 is 0 Å². The van der Waals surface area contributed by atoms with Crippen molar-refractivity contribution >= 4 is 17.8 Å². The Bertz CT molecular complexity index is 382. The van der Waals surface area contributed by atoms with Gasteiger partial charge < -0.3 is 15.7 Å². The minimum Gasteiger partial charge on any atom is -0.481 e. The molecule has 3 atom stereocenters. The third kappa shape index (κ3) is 2.32. The fourth-order valence-electron chi connectivity index (χ4n) is 2.99. The van der Waals surface area contributed by atoms with Gasteiger partial charge in [0, 0.05) is 12.5 Å². The van der Waals surface area contributed by atoms with E-state index in [0.29, 0.717) is 32.2 Å². The first-order valence-electron chi connectivity index (χ1n) is 6.33. The van der Waals surface area contributed by atoms with E-state index in [1.165, 1.54) is 4.90 Å². The molecule has 100 valence electrons. The number of nitrogens with zero attached hydrogens (tertiary/aromatic N) is 1. The topological polar surface area (TPSA) is 101 Å². The lowest BCUT2D eigenvalue weighted by Gasteiger charge is -2.25. The molecule has 2 aliphatic rings. The number of rotatable bonds is 3. The number of amides is 2. The number of hydrogen-bond donors (Lipinski definition) is 2. The molecule has 1 saturated heterocycles. The highest BCUT2D eigenvalue weighted by molar-refractivity contribution is 5.88. The highest BCUT2D eigenvalue weighted by Gasteiger charge is 2.40. The van der Waals surface area contributed by atoms with Crippen molar-refractivity contribution < 1.29 is 19.5 Å². The Morgan fingerprint density at radius 2 is 1.78 bits per heavy atom. The number of carbonyl (C=O) groups is 3. The van der Waals surface area contributed by atoms with Gasteiger partial charge in [0.2, 0.25) is 11.8 Å². The van der Waals surface area contributed by atoms with Crippen LogP contribution in [0.5, 0.6) is 0 Å². The van der Waals surface area contributed by atoms with E-state index in [1.54, 1.807) is 0 Å². The van der Waals surface area contributed by atoms with Crippen molar-refractivity contribution in [2.24, 2.45) is 17.6 Å². The molecule has 1 aliphatic carbocycles. The van der Waals surface area contributed by atoms with Gasteiger partial charge in [0.1, 0.15) is 6.04 Å². The summed E-state index contributed by atoms with van der Waals surface area (Å²) in [6.45, 7) is 0.556. The summed E-state index contributed by atoms with van der Waals surface area (Å²) in [5, 5.41) is 8.92. The average Bonchev–Trinajstić information content (AvgIpc) is 2.97. The third-order valence-corrected chi connectivity index (χ3v) is 4.00. The molecule has 0 spiro atoms. The Morgan fingerprint density at radius 3 is 2.33 bits per heavy atom. The van der Waals surface area contributed by atoms with Crippen LogP contribution in [0.1, 0.15) is 32.1 Å². The van der Waals surface area contributed by atoms with Gasteiger partial charge in [-0.3, -0.25) is 14.4 Å². The average molecular weight is 254 g/mol. The van der Waals surface area contributed by atoms with E-state index in [4.69, 9.17) is 10.8 Å². The second-order valence-electron chi connectivity index (χ2n) is 5.14. The number of primary amides is 1. The maximum absolute atomic E-state index is 12.3. The van der Waals surface area contributed by atoms with Crippen molar-refractivity contribution in [3.8, 4) is 0 Å². The Labute approximate surface area is 105 Å². The molecule has 2 rings (SSSR count). The van der Waals surface area contributed by atoms with Gasteiger partial charge in [0.25, 0.3) is 0 Å². The van der Waals surface area contributed by atoms with Gasteiger partial charge in [-0.05, 0) is 32.1 Å². The van der Waals surface area contributed by atoms with Crippen LogP contribution in [0.4, 0.5) is 0 Å². The third-order valence-electron chi connectivity index (χ3n) is 4.00. The molecule has 18 heavy (non-hydrogen) atoms. The molecule has 3 N–H and O–H groups in total. The van der Waals surface area contributed by atoms with Gasteiger partial charge in [0.05, 0.1) is 5.92 Å². The van der Waals surface area contributed by atoms with Crippen LogP contribution in [0.2, 0.25) is 0 Å². The van der Waals surface area contributed by atoms with Crippen molar-refractivity contribution in [2.45, 2.75) is 38.1 Å². The van der Waals surface area contributed by atoms with Crippen molar-refractivity contribution in [2.75, 3.05) is 6.54 Å². The Morgan fingerprint density at radius 1 is 1.11 bits per heavy atom. The fourth-order valence-corrected chi connectivity index (χ4v) is 2.99. The summed E-state index contributed by atoms with van der Waals surface area (Å²) in [5.41, 5.74) is 5.27. The number of aliphatic carboxylic acids is 1. The van der Waals surface area contributed by atoms with E-state index in [9.17, 15) is 14.4 Å². The lowest BCUT2D eigenvalue weighted by atomic mass is 10.0. The molecule has 0 aromatic heterocycles. The second-order valence-corrected chi connectivity index (χ2v) is 5.14. The quantitative estimate of drug-likeness (QED) is 0.738. The molecule has 1 unspecified atom stereocenters. The highest BCUT2D eigenvalue weighted by Crippen LogP contribution is 2.34. The van der Waals surface area contributed by atoms with E-state index in [2.05, 4.69) is 0 Å². The van der Waals surface area contributed by atoms with E-state index in [-0.39, 0.29) is 11.8 Å². The van der Waals surface area contributed by atoms with E-state index in [1.807, 2.05) is 0 Å². The summed E-state index contributed by atoms with van der Waals surface area (Å²) in [6.07, 6.45) is 2.93. The molecule has 2 amide bonds. The molecular weight excluding hydrogens is 236 g/mol. The predicted molar refractivity (Wildman–Crippen MR) is 62.4 cm³/mol. The molecule has 0 radical (unpaired) electrons. The Balaban J connectivity index is 2.00. The summed E-state index contributed by atoms with van der Waals surface area (Å²) in [7, 11) is 0. The summed E-state index contributed by atoms with van der Waals surface area (Å²) >= 11 is 0. The number of carboxylic acid groups (broad SMARTS) is 1. The molecule has 1 saturated carbocycles. The summed E-state index contributed by atoms with van der Waals surface area (Å²) in [6, 6.07) is -0.499. The van der Waals surface area contributed by atoms with E-state index in [0.717, 1.165) is 6.42 Å². The van der Waals surface area contributed by atoms with Crippen molar-refractivity contribution in [3.05, 3.63) is 0 Å². The Hall–Kier alpha value is -1.59. The minimum absolute atomic E-state index is 0.0972. The summed E-state index contributed by atoms with van der Waals surface area (Å²) in [4.78, 5) is 35.9. The van der Waals surface area contributed by atoms with Crippen LogP contribution >= 0.6 is 0 Å². The van der Waals surface area contributed by atoms with Crippen LogP contribution in [0, 0.1) is 11.8 Å². The maximum Gasteiger partial charge on any atom is 0.306 e. The van der Waals surface area contributed by atoms with Crippen molar-refractivity contribution in [3.63, 3.8) is 0 Å². The first-order valence-corrected chi connectivity index (χ1v) is 6.33. The largest absolute Gasteiger partial charge is 0.481 e. The molecule has 0 aromatic rings. The zero-order valence-electron chi connectivity index (χ0n) is 10.2. The zero-order chi connectivity index (χ0) is 13.3. The molecule has 1 heterocycles. The number of carboxylic acids is 1. The van der Waals surface area contributed by atoms with Crippen LogP contribution < -0.4 is 5.73 Å². The molecule has 1 aliphatic heterocycles. The van der Waals surface area contributed by atoms with E-state index < -0.39 is 23.8 Å². The number of nitrogens with two attached hydrogens (primary N) is 1. The first kappa shape index (κ1) is 12.9. The fraction of sp³-hybridized carbons (Fsp3) is 0.750. The molecule has 6 nitrogen and oxygen atoms in total. The SMILES string of the molecule is NC(=O)C1CCCN1C(=O)[C@@H]1CC[C@H](C(=O)O)C1. The number of carbonyl (C=O) groups excluding carboxylic acids is 2. The van der Waals surface area contributed by atoms with Gasteiger partial charge in [0.15, 0.2) is 0 Å². The first-order chi connectivity index (χ1) is 8.50. The van der Waals surface area contributed by atoms with Crippen LogP contribution in [0.25, 0.3) is 0 Å². The van der Waals surface area contributed by atoms with Crippen LogP contribution in [0.15, 0.2) is 0 Å². The van der Waals surface area contributed by atoms with Gasteiger partial charge >= 0.3 is 5.97 Å². The normalized spacial score (nSPS) is 31.6. The highest BCUT2D eigenvalue weighted by atomic mass is 16.4. The standard InChI is InChI=1S/C12H18N2O4/c13-10(15)9-2-1-5-14(9)11(16)7-3-4-8(6-7)12(17)18/h7-9H,1-6H2,(H2,13,15)(H,17,18)/t7-,8+,9?/m1/s1. The second kappa shape index (κ2) is 4.96. The van der Waals surface area contributed by atoms with Gasteiger partial charge in [-0.2, -0.15) is 0 Å². The summed E-state index contributed by atoms with van der Waals surface area (Å²) in [5.74, 6) is -2.08. The number of hydrogen-bond acceptors (Lipinski definition) is 3. The molecule has 0 aromatic carbocycles. The summed E-state index contributed by atoms with van der Waals surface area (Å²) < 4.78 is 0. The molecule has 6 heteroatoms. The van der Waals surface area contributed by atoms with Crippen LogP contribution in [-0.4, -0.2) is 40.4 Å². The van der Waals surface area contributed by atoms with Gasteiger partial charge in [-0.15, -0.1) is 0 Å².